The normalized spacial score (nSPS) is 11.6. The van der Waals surface area contributed by atoms with Crippen LogP contribution < -0.4 is 16.0 Å². The number of carbonyl (C=O) groups is 4. The fourth-order valence-electron chi connectivity index (χ4n) is 4.64. The van der Waals surface area contributed by atoms with Gasteiger partial charge in [-0.25, -0.2) is 4.79 Å². The molecule has 10 heteroatoms. The second-order valence-electron chi connectivity index (χ2n) is 10.3. The molecule has 0 saturated carbocycles. The Morgan fingerprint density at radius 3 is 2.10 bits per heavy atom. The van der Waals surface area contributed by atoms with Crippen molar-refractivity contribution in [2.24, 2.45) is 0 Å². The van der Waals surface area contributed by atoms with Gasteiger partial charge in [0.15, 0.2) is 0 Å². The molecule has 3 N–H and O–H groups in total. The summed E-state index contributed by atoms with van der Waals surface area (Å²) in [6, 6.07) is 39.0. The molecule has 48 heavy (non-hydrogen) atoms. The lowest BCUT2D eigenvalue weighted by atomic mass is 10.1. The van der Waals surface area contributed by atoms with E-state index < -0.39 is 23.0 Å². The van der Waals surface area contributed by atoms with Crippen molar-refractivity contribution in [2.45, 2.75) is 10.1 Å². The predicted octanol–water partition coefficient (Wildman–Crippen LogP) is 8.12. The van der Waals surface area contributed by atoms with Crippen LogP contribution in [-0.4, -0.2) is 30.8 Å². The molecule has 0 bridgehead atoms. The summed E-state index contributed by atoms with van der Waals surface area (Å²) in [7, 11) is 1.29. The summed E-state index contributed by atoms with van der Waals surface area (Å²) in [4.78, 5) is 53.1. The number of halogens is 1. The lowest BCUT2D eigenvalue weighted by Crippen LogP contribution is -2.30. The molecule has 5 rings (SSSR count). The average Bonchev–Trinajstić information content (AvgIpc) is 3.11. The predicted molar refractivity (Wildman–Crippen MR) is 193 cm³/mol. The Morgan fingerprint density at radius 2 is 1.42 bits per heavy atom. The number of para-hydroxylation sites is 1. The first-order chi connectivity index (χ1) is 23.3. The monoisotopic (exact) mass is 719 g/mol. The molecule has 0 heterocycles. The minimum Gasteiger partial charge on any atom is -0.465 e. The molecule has 1 atom stereocenters. The summed E-state index contributed by atoms with van der Waals surface area (Å²) in [6.07, 6.45) is 1.60. The lowest BCUT2D eigenvalue weighted by Gasteiger charge is -2.18. The maximum Gasteiger partial charge on any atom is 0.339 e. The first kappa shape index (κ1) is 33.9. The number of nitrogens with one attached hydrogen (secondary N) is 3. The van der Waals surface area contributed by atoms with E-state index in [1.807, 2.05) is 60.7 Å². The molecule has 0 radical (unpaired) electrons. The molecule has 0 aliphatic carbocycles. The number of thioether (sulfide) groups is 1. The number of esters is 1. The molecule has 8 nitrogen and oxygen atoms in total. The van der Waals surface area contributed by atoms with Crippen molar-refractivity contribution in [1.82, 2.24) is 5.32 Å². The third kappa shape index (κ3) is 9.09. The van der Waals surface area contributed by atoms with E-state index in [1.165, 1.54) is 18.9 Å². The van der Waals surface area contributed by atoms with Gasteiger partial charge in [0.05, 0.1) is 18.4 Å². The molecule has 5 aromatic carbocycles. The Morgan fingerprint density at radius 1 is 0.750 bits per heavy atom. The number of amides is 3. The van der Waals surface area contributed by atoms with Gasteiger partial charge >= 0.3 is 5.97 Å². The van der Waals surface area contributed by atoms with E-state index in [9.17, 15) is 19.2 Å². The van der Waals surface area contributed by atoms with Crippen LogP contribution in [0.25, 0.3) is 6.08 Å². The minimum absolute atomic E-state index is 0.0634. The Hall–Kier alpha value is -5.45. The molecular formula is C38H30BrN3O5S. The van der Waals surface area contributed by atoms with E-state index >= 15 is 0 Å². The van der Waals surface area contributed by atoms with Crippen LogP contribution in [0.5, 0.6) is 0 Å². The first-order valence-electron chi connectivity index (χ1n) is 14.8. The van der Waals surface area contributed by atoms with Crippen LogP contribution in [0.3, 0.4) is 0 Å². The Labute approximate surface area is 290 Å². The zero-order valence-corrected chi connectivity index (χ0v) is 28.1. The van der Waals surface area contributed by atoms with Gasteiger partial charge in [-0.05, 0) is 77.9 Å². The molecule has 0 spiro atoms. The van der Waals surface area contributed by atoms with Crippen molar-refractivity contribution in [2.75, 3.05) is 17.7 Å². The van der Waals surface area contributed by atoms with Crippen molar-refractivity contribution in [3.05, 3.63) is 166 Å². The number of benzene rings is 5. The van der Waals surface area contributed by atoms with Crippen molar-refractivity contribution < 1.29 is 23.9 Å². The summed E-state index contributed by atoms with van der Waals surface area (Å²) in [5.41, 5.74) is 3.05. The van der Waals surface area contributed by atoms with Gasteiger partial charge in [-0.2, -0.15) is 0 Å². The number of methoxy groups -OCH3 is 1. The van der Waals surface area contributed by atoms with Crippen molar-refractivity contribution in [3.8, 4) is 0 Å². The molecule has 240 valence electrons. The SMILES string of the molecule is COC(=O)c1ccccc1NC(=O)C(Sc1ccc(NC(=O)/C(=C/c2cccc(Br)c2)NC(=O)c2ccccc2)cc1)c1ccccc1. The highest BCUT2D eigenvalue weighted by Crippen LogP contribution is 2.37. The third-order valence-corrected chi connectivity index (χ3v) is 8.74. The number of anilines is 2. The number of hydrogen-bond donors (Lipinski definition) is 3. The summed E-state index contributed by atoms with van der Waals surface area (Å²) in [5, 5.41) is 7.82. The second kappa shape index (κ2) is 16.4. The summed E-state index contributed by atoms with van der Waals surface area (Å²) in [5.74, 6) is -1.80. The molecule has 0 saturated heterocycles. The highest BCUT2D eigenvalue weighted by atomic mass is 79.9. The molecule has 0 aliphatic rings. The highest BCUT2D eigenvalue weighted by molar-refractivity contribution is 9.10. The molecule has 0 fully saturated rings. The van der Waals surface area contributed by atoms with Crippen molar-refractivity contribution >= 4 is 68.8 Å². The van der Waals surface area contributed by atoms with Crippen LogP contribution in [0.1, 0.15) is 37.1 Å². The standard InChI is InChI=1S/C38H30BrN3O5S/c1-47-38(46)31-17-8-9-18-32(31)41-37(45)34(26-12-4-2-5-13-26)48-30-21-19-29(20-22-30)40-36(44)33(24-25-11-10-16-28(39)23-25)42-35(43)27-14-6-3-7-15-27/h2-24,34H,1H3,(H,40,44)(H,41,45)(H,42,43)/b33-24-. The fourth-order valence-corrected chi connectivity index (χ4v) is 6.08. The van der Waals surface area contributed by atoms with Crippen LogP contribution in [0, 0.1) is 0 Å². The lowest BCUT2D eigenvalue weighted by molar-refractivity contribution is -0.116. The molecule has 5 aromatic rings. The van der Waals surface area contributed by atoms with Gasteiger partial charge in [-0.3, -0.25) is 14.4 Å². The quantitative estimate of drug-likeness (QED) is 0.0722. The highest BCUT2D eigenvalue weighted by Gasteiger charge is 2.24. The van der Waals surface area contributed by atoms with Crippen LogP contribution >= 0.6 is 27.7 Å². The minimum atomic E-state index is -0.662. The van der Waals surface area contributed by atoms with Gasteiger partial charge in [0.2, 0.25) is 5.91 Å². The molecule has 1 unspecified atom stereocenters. The van der Waals surface area contributed by atoms with Crippen LogP contribution in [0.2, 0.25) is 0 Å². The Kier molecular flexibility index (Phi) is 11.6. The van der Waals surface area contributed by atoms with Gasteiger partial charge < -0.3 is 20.7 Å². The van der Waals surface area contributed by atoms with Gasteiger partial charge in [0, 0.05) is 20.6 Å². The van der Waals surface area contributed by atoms with Crippen molar-refractivity contribution in [1.29, 1.82) is 0 Å². The fraction of sp³-hybridized carbons (Fsp3) is 0.0526. The summed E-state index contributed by atoms with van der Waals surface area (Å²) >= 11 is 4.76. The second-order valence-corrected chi connectivity index (χ2v) is 12.4. The number of rotatable bonds is 11. The van der Waals surface area contributed by atoms with Crippen molar-refractivity contribution in [3.63, 3.8) is 0 Å². The van der Waals surface area contributed by atoms with Crippen LogP contribution in [0.15, 0.2) is 149 Å². The molecule has 3 amide bonds. The van der Waals surface area contributed by atoms with E-state index in [2.05, 4.69) is 31.9 Å². The van der Waals surface area contributed by atoms with Gasteiger partial charge in [-0.1, -0.05) is 88.7 Å². The zero-order valence-electron chi connectivity index (χ0n) is 25.7. The zero-order chi connectivity index (χ0) is 33.9. The summed E-state index contributed by atoms with van der Waals surface area (Å²) < 4.78 is 5.70. The maximum atomic E-state index is 13.6. The van der Waals surface area contributed by atoms with Gasteiger partial charge in [0.25, 0.3) is 11.8 Å². The molecular weight excluding hydrogens is 690 g/mol. The Bertz CT molecular complexity index is 1950. The third-order valence-electron chi connectivity index (χ3n) is 6.99. The number of hydrogen-bond acceptors (Lipinski definition) is 6. The average molecular weight is 721 g/mol. The maximum absolute atomic E-state index is 13.6. The van der Waals surface area contributed by atoms with Gasteiger partial charge in [-0.15, -0.1) is 11.8 Å². The van der Waals surface area contributed by atoms with E-state index in [-0.39, 0.29) is 17.2 Å². The van der Waals surface area contributed by atoms with E-state index in [4.69, 9.17) is 4.74 Å². The van der Waals surface area contributed by atoms with Crippen LogP contribution in [-0.2, 0) is 14.3 Å². The summed E-state index contributed by atoms with van der Waals surface area (Å²) in [6.45, 7) is 0. The number of carbonyl (C=O) groups excluding carboxylic acids is 4. The topological polar surface area (TPSA) is 114 Å². The molecule has 0 aromatic heterocycles. The number of ether oxygens (including phenoxy) is 1. The van der Waals surface area contributed by atoms with E-state index in [0.717, 1.165) is 14.9 Å². The Balaban J connectivity index is 1.34. The molecule has 0 aliphatic heterocycles. The largest absolute Gasteiger partial charge is 0.465 e. The van der Waals surface area contributed by atoms with Crippen LogP contribution in [0.4, 0.5) is 11.4 Å². The smallest absolute Gasteiger partial charge is 0.339 e. The van der Waals surface area contributed by atoms with Gasteiger partial charge in [0.1, 0.15) is 10.9 Å². The van der Waals surface area contributed by atoms with E-state index in [0.29, 0.717) is 22.5 Å². The van der Waals surface area contributed by atoms with E-state index in [1.54, 1.807) is 78.9 Å². The first-order valence-corrected chi connectivity index (χ1v) is 16.4.